The largest absolute Gasteiger partial charge is 0.325 e. The number of para-hydroxylation sites is 1. The second kappa shape index (κ2) is 8.76. The molecule has 6 nitrogen and oxygen atoms in total. The molecule has 2 aromatic rings. The number of carbonyl (C=O) groups excluding carboxylic acids is 2. The fourth-order valence-corrected chi connectivity index (χ4v) is 4.13. The molecule has 2 rings (SSSR count). The molecule has 0 atom stereocenters. The summed E-state index contributed by atoms with van der Waals surface area (Å²) in [6, 6.07) is 8.39. The predicted octanol–water partition coefficient (Wildman–Crippen LogP) is 3.09. The number of nitrogens with one attached hydrogen (secondary N) is 2. The lowest BCUT2D eigenvalue weighted by atomic mass is 10.3. The van der Waals surface area contributed by atoms with Gasteiger partial charge in [-0.05, 0) is 17.9 Å². The average Bonchev–Trinajstić information content (AvgIpc) is 2.94. The predicted molar refractivity (Wildman–Crippen MR) is 90.6 cm³/mol. The van der Waals surface area contributed by atoms with Crippen LogP contribution in [0.2, 0.25) is 0 Å². The van der Waals surface area contributed by atoms with Gasteiger partial charge < -0.3 is 5.32 Å². The number of carbonyl (C=O) groups is 2. The Kier molecular flexibility index (Phi) is 6.69. The Balaban J connectivity index is 1.74. The third-order valence-electron chi connectivity index (χ3n) is 2.27. The molecule has 0 saturated heterocycles. The molecule has 3 amide bonds. The number of thioether (sulfide) groups is 2. The molecule has 0 aliphatic carbocycles. The molecule has 0 radical (unpaired) electrons. The summed E-state index contributed by atoms with van der Waals surface area (Å²) in [6.45, 7) is 2.04. The van der Waals surface area contributed by atoms with Gasteiger partial charge in [0.25, 0.3) is 0 Å². The zero-order valence-corrected chi connectivity index (χ0v) is 14.2. The first-order valence-electron chi connectivity index (χ1n) is 6.42. The molecular formula is C13H14N4O2S3. The lowest BCUT2D eigenvalue weighted by Crippen LogP contribution is -2.35. The van der Waals surface area contributed by atoms with Crippen molar-refractivity contribution in [3.63, 3.8) is 0 Å². The van der Waals surface area contributed by atoms with Crippen molar-refractivity contribution >= 4 is 52.5 Å². The molecule has 1 heterocycles. The van der Waals surface area contributed by atoms with Crippen LogP contribution in [0.4, 0.5) is 10.5 Å². The Morgan fingerprint density at radius 2 is 1.82 bits per heavy atom. The molecule has 0 aliphatic heterocycles. The Bertz CT molecular complexity index is 633. The number of anilines is 1. The normalized spacial score (nSPS) is 10.2. The first-order valence-corrected chi connectivity index (χ1v) is 9.21. The highest BCUT2D eigenvalue weighted by Gasteiger charge is 2.11. The summed E-state index contributed by atoms with van der Waals surface area (Å²) in [7, 11) is 0. The van der Waals surface area contributed by atoms with Crippen molar-refractivity contribution < 1.29 is 9.59 Å². The van der Waals surface area contributed by atoms with E-state index in [1.165, 1.54) is 23.1 Å². The maximum atomic E-state index is 11.7. The van der Waals surface area contributed by atoms with Gasteiger partial charge in [-0.1, -0.05) is 60.0 Å². The number of amides is 3. The zero-order valence-electron chi connectivity index (χ0n) is 11.7. The lowest BCUT2D eigenvalue weighted by Gasteiger charge is -2.05. The molecule has 0 fully saturated rings. The average molecular weight is 354 g/mol. The maximum Gasteiger partial charge on any atom is 0.325 e. The van der Waals surface area contributed by atoms with Gasteiger partial charge in [-0.2, -0.15) is 0 Å². The number of imide groups is 1. The van der Waals surface area contributed by atoms with E-state index in [1.54, 1.807) is 36.0 Å². The van der Waals surface area contributed by atoms with E-state index < -0.39 is 6.03 Å². The molecule has 0 saturated carbocycles. The quantitative estimate of drug-likeness (QED) is 0.776. The van der Waals surface area contributed by atoms with Gasteiger partial charge in [-0.25, -0.2) is 4.79 Å². The van der Waals surface area contributed by atoms with Gasteiger partial charge in [-0.3, -0.25) is 10.1 Å². The summed E-state index contributed by atoms with van der Waals surface area (Å²) >= 11 is 4.32. The number of hydrogen-bond donors (Lipinski definition) is 2. The van der Waals surface area contributed by atoms with Gasteiger partial charge >= 0.3 is 6.03 Å². The SMILES string of the molecule is CCSc1nnc(SCC(=O)NC(=O)Nc2ccccc2)s1. The summed E-state index contributed by atoms with van der Waals surface area (Å²) in [6.07, 6.45) is 0. The van der Waals surface area contributed by atoms with Gasteiger partial charge in [0, 0.05) is 5.69 Å². The second-order valence-corrected chi connectivity index (χ2v) is 7.64. The second-order valence-electron chi connectivity index (χ2n) is 3.92. The van der Waals surface area contributed by atoms with Crippen molar-refractivity contribution in [1.29, 1.82) is 0 Å². The minimum absolute atomic E-state index is 0.119. The van der Waals surface area contributed by atoms with Gasteiger partial charge in [0.1, 0.15) is 0 Å². The fraction of sp³-hybridized carbons (Fsp3) is 0.231. The van der Waals surface area contributed by atoms with Crippen LogP contribution >= 0.6 is 34.9 Å². The van der Waals surface area contributed by atoms with Crippen LogP contribution in [0.1, 0.15) is 6.92 Å². The van der Waals surface area contributed by atoms with Crippen LogP contribution in [-0.4, -0.2) is 33.6 Å². The lowest BCUT2D eigenvalue weighted by molar-refractivity contribution is -0.117. The Labute approximate surface area is 140 Å². The molecule has 1 aromatic carbocycles. The van der Waals surface area contributed by atoms with Crippen LogP contribution in [0, 0.1) is 0 Å². The third-order valence-corrected chi connectivity index (χ3v) is 5.34. The van der Waals surface area contributed by atoms with Crippen molar-refractivity contribution in [2.45, 2.75) is 15.6 Å². The fourth-order valence-electron chi connectivity index (χ4n) is 1.41. The van der Waals surface area contributed by atoms with E-state index in [2.05, 4.69) is 20.8 Å². The summed E-state index contributed by atoms with van der Waals surface area (Å²) < 4.78 is 1.60. The van der Waals surface area contributed by atoms with Crippen molar-refractivity contribution in [2.75, 3.05) is 16.8 Å². The topological polar surface area (TPSA) is 84.0 Å². The Morgan fingerprint density at radius 1 is 1.14 bits per heavy atom. The molecule has 1 aromatic heterocycles. The first-order chi connectivity index (χ1) is 10.7. The number of benzene rings is 1. The Hall–Kier alpha value is -1.58. The van der Waals surface area contributed by atoms with E-state index >= 15 is 0 Å². The van der Waals surface area contributed by atoms with Gasteiger partial charge in [0.2, 0.25) is 5.91 Å². The molecular weight excluding hydrogens is 340 g/mol. The van der Waals surface area contributed by atoms with Crippen molar-refractivity contribution in [2.24, 2.45) is 0 Å². The van der Waals surface area contributed by atoms with Crippen LogP contribution < -0.4 is 10.6 Å². The number of aromatic nitrogens is 2. The molecule has 0 aliphatic rings. The minimum atomic E-state index is -0.545. The van der Waals surface area contributed by atoms with E-state index in [0.29, 0.717) is 5.69 Å². The van der Waals surface area contributed by atoms with E-state index in [1.807, 2.05) is 13.0 Å². The maximum absolute atomic E-state index is 11.7. The van der Waals surface area contributed by atoms with Crippen LogP contribution in [-0.2, 0) is 4.79 Å². The summed E-state index contributed by atoms with van der Waals surface area (Å²) in [4.78, 5) is 23.4. The van der Waals surface area contributed by atoms with Gasteiger partial charge in [0.05, 0.1) is 5.75 Å². The highest BCUT2D eigenvalue weighted by Crippen LogP contribution is 2.28. The summed E-state index contributed by atoms with van der Waals surface area (Å²) in [5, 5.41) is 12.8. The Morgan fingerprint density at radius 3 is 2.50 bits per heavy atom. The van der Waals surface area contributed by atoms with Crippen molar-refractivity contribution in [1.82, 2.24) is 15.5 Å². The molecule has 0 spiro atoms. The van der Waals surface area contributed by atoms with E-state index in [4.69, 9.17) is 0 Å². The first kappa shape index (κ1) is 16.8. The summed E-state index contributed by atoms with van der Waals surface area (Å²) in [5.41, 5.74) is 0.630. The van der Waals surface area contributed by atoms with Crippen LogP contribution in [0.15, 0.2) is 39.0 Å². The molecule has 2 N–H and O–H groups in total. The van der Waals surface area contributed by atoms with Gasteiger partial charge in [-0.15, -0.1) is 10.2 Å². The molecule has 0 unspecified atom stereocenters. The van der Waals surface area contributed by atoms with E-state index in [9.17, 15) is 9.59 Å². The molecule has 9 heteroatoms. The monoisotopic (exact) mass is 354 g/mol. The van der Waals surface area contributed by atoms with Crippen LogP contribution in [0.25, 0.3) is 0 Å². The number of nitrogens with zero attached hydrogens (tertiary/aromatic N) is 2. The van der Waals surface area contributed by atoms with Crippen LogP contribution in [0.5, 0.6) is 0 Å². The van der Waals surface area contributed by atoms with E-state index in [-0.39, 0.29) is 11.7 Å². The van der Waals surface area contributed by atoms with Crippen LogP contribution in [0.3, 0.4) is 0 Å². The highest BCUT2D eigenvalue weighted by atomic mass is 32.2. The number of hydrogen-bond acceptors (Lipinski definition) is 7. The van der Waals surface area contributed by atoms with Gasteiger partial charge in [0.15, 0.2) is 8.68 Å². The zero-order chi connectivity index (χ0) is 15.8. The van der Waals surface area contributed by atoms with Crippen molar-refractivity contribution in [3.8, 4) is 0 Å². The highest BCUT2D eigenvalue weighted by molar-refractivity contribution is 8.03. The van der Waals surface area contributed by atoms with E-state index in [0.717, 1.165) is 14.4 Å². The molecule has 0 bridgehead atoms. The van der Waals surface area contributed by atoms with Crippen molar-refractivity contribution in [3.05, 3.63) is 30.3 Å². The number of urea groups is 1. The minimum Gasteiger partial charge on any atom is -0.308 e. The molecule has 22 heavy (non-hydrogen) atoms. The standard InChI is InChI=1S/C13H14N4O2S3/c1-2-20-12-16-17-13(22-12)21-8-10(18)15-11(19)14-9-6-4-3-5-7-9/h3-7H,2,8H2,1H3,(H2,14,15,18,19). The number of rotatable bonds is 6. The smallest absolute Gasteiger partial charge is 0.308 e. The summed E-state index contributed by atoms with van der Waals surface area (Å²) in [5.74, 6) is 0.672. The molecule has 116 valence electrons. The third kappa shape index (κ3) is 5.66.